The van der Waals surface area contributed by atoms with Gasteiger partial charge in [-0.1, -0.05) is 29.3 Å². The van der Waals surface area contributed by atoms with E-state index in [-0.39, 0.29) is 25.0 Å². The Labute approximate surface area is 155 Å². The van der Waals surface area contributed by atoms with Gasteiger partial charge >= 0.3 is 6.03 Å². The smallest absolute Gasteiger partial charge is 0.326 e. The van der Waals surface area contributed by atoms with E-state index in [0.717, 1.165) is 5.56 Å². The maximum Gasteiger partial charge on any atom is 0.326 e. The molecule has 0 aliphatic carbocycles. The number of benzene rings is 1. The monoisotopic (exact) mass is 381 g/mol. The van der Waals surface area contributed by atoms with Gasteiger partial charge in [0.2, 0.25) is 5.91 Å². The first-order valence-corrected chi connectivity index (χ1v) is 8.38. The van der Waals surface area contributed by atoms with E-state index in [1.165, 1.54) is 9.80 Å². The quantitative estimate of drug-likeness (QED) is 0.882. The third-order valence-electron chi connectivity index (χ3n) is 4.20. The largest absolute Gasteiger partial charge is 0.350 e. The lowest BCUT2D eigenvalue weighted by molar-refractivity contribution is -0.124. The maximum atomic E-state index is 12.5. The molecule has 0 saturated carbocycles. The molecule has 1 aromatic heterocycles. The molecule has 1 saturated heterocycles. The molecule has 3 amide bonds. The van der Waals surface area contributed by atoms with Crippen LogP contribution in [0.5, 0.6) is 0 Å². The van der Waals surface area contributed by atoms with Crippen LogP contribution >= 0.6 is 23.2 Å². The van der Waals surface area contributed by atoms with E-state index in [1.807, 2.05) is 0 Å². The predicted octanol–water partition coefficient (Wildman–Crippen LogP) is 2.28. The van der Waals surface area contributed by atoms with Crippen molar-refractivity contribution in [3.8, 4) is 0 Å². The molecule has 1 fully saturated rings. The Bertz CT molecular complexity index is 823. The second-order valence-electron chi connectivity index (χ2n) is 5.79. The zero-order valence-electron chi connectivity index (χ0n) is 13.7. The molecule has 9 heteroatoms. The molecule has 1 aromatic carbocycles. The van der Waals surface area contributed by atoms with Crippen molar-refractivity contribution in [1.82, 2.24) is 20.0 Å². The van der Waals surface area contributed by atoms with E-state index in [4.69, 9.17) is 23.2 Å². The first-order chi connectivity index (χ1) is 11.9. The van der Waals surface area contributed by atoms with Gasteiger partial charge in [-0.3, -0.25) is 14.4 Å². The van der Waals surface area contributed by atoms with Crippen LogP contribution in [0.1, 0.15) is 5.56 Å². The predicted molar refractivity (Wildman–Crippen MR) is 95.8 cm³/mol. The third-order valence-corrected chi connectivity index (χ3v) is 4.79. The number of carbonyl (C=O) groups excluding carboxylic acids is 2. The van der Waals surface area contributed by atoms with Crippen molar-refractivity contribution in [1.29, 1.82) is 0 Å². The number of nitrogens with one attached hydrogen (secondary N) is 1. The molecule has 1 aliphatic rings. The lowest BCUT2D eigenvalue weighted by Gasteiger charge is -2.17. The number of likely N-dealkylation sites (N-methyl/N-ethyl adjacent to an activating group) is 1. The number of urea groups is 1. The number of anilines is 1. The van der Waals surface area contributed by atoms with Gasteiger partial charge in [-0.25, -0.2) is 4.79 Å². The van der Waals surface area contributed by atoms with Crippen LogP contribution in [-0.2, 0) is 18.4 Å². The SMILES string of the molecule is CN1C(=O)N(c2ccnn2C)CC1C(=O)NCc1ccc(Cl)cc1Cl. The Morgan fingerprint density at radius 2 is 2.08 bits per heavy atom. The highest BCUT2D eigenvalue weighted by atomic mass is 35.5. The first kappa shape index (κ1) is 17.6. The van der Waals surface area contributed by atoms with Crippen LogP contribution in [0, 0.1) is 0 Å². The van der Waals surface area contributed by atoms with Crippen LogP contribution < -0.4 is 10.2 Å². The Hall–Kier alpha value is -2.25. The molecule has 3 rings (SSSR count). The fraction of sp³-hybridized carbons (Fsp3) is 0.312. The van der Waals surface area contributed by atoms with Crippen LogP contribution in [-0.4, -0.2) is 46.3 Å². The van der Waals surface area contributed by atoms with Gasteiger partial charge in [0.05, 0.1) is 12.7 Å². The molecule has 0 bridgehead atoms. The summed E-state index contributed by atoms with van der Waals surface area (Å²) in [5.41, 5.74) is 0.759. The van der Waals surface area contributed by atoms with E-state index in [0.29, 0.717) is 15.9 Å². The third kappa shape index (κ3) is 3.43. The molecule has 1 atom stereocenters. The van der Waals surface area contributed by atoms with E-state index in [2.05, 4.69) is 10.4 Å². The molecular weight excluding hydrogens is 365 g/mol. The summed E-state index contributed by atoms with van der Waals surface area (Å²) in [6.07, 6.45) is 1.61. The minimum Gasteiger partial charge on any atom is -0.350 e. The van der Waals surface area contributed by atoms with Gasteiger partial charge in [0.15, 0.2) is 0 Å². The van der Waals surface area contributed by atoms with E-state index in [9.17, 15) is 9.59 Å². The van der Waals surface area contributed by atoms with Crippen molar-refractivity contribution in [2.75, 3.05) is 18.5 Å². The number of halogens is 2. The summed E-state index contributed by atoms with van der Waals surface area (Å²) in [5.74, 6) is 0.402. The molecule has 7 nitrogen and oxygen atoms in total. The lowest BCUT2D eigenvalue weighted by atomic mass is 10.2. The fourth-order valence-electron chi connectivity index (χ4n) is 2.74. The molecule has 132 valence electrons. The second-order valence-corrected chi connectivity index (χ2v) is 6.63. The highest BCUT2D eigenvalue weighted by Crippen LogP contribution is 2.23. The van der Waals surface area contributed by atoms with Crippen molar-refractivity contribution in [3.05, 3.63) is 46.1 Å². The van der Waals surface area contributed by atoms with E-state index < -0.39 is 6.04 Å². The Balaban J connectivity index is 1.68. The number of aromatic nitrogens is 2. The average molecular weight is 382 g/mol. The van der Waals surface area contributed by atoms with Crippen LogP contribution in [0.2, 0.25) is 10.0 Å². The molecule has 2 aromatic rings. The molecule has 0 radical (unpaired) electrons. The fourth-order valence-corrected chi connectivity index (χ4v) is 3.22. The van der Waals surface area contributed by atoms with Crippen molar-refractivity contribution in [2.24, 2.45) is 7.05 Å². The molecule has 0 spiro atoms. The van der Waals surface area contributed by atoms with Gasteiger partial charge in [0.1, 0.15) is 11.9 Å². The molecular formula is C16H17Cl2N5O2. The van der Waals surface area contributed by atoms with Gasteiger partial charge in [-0.05, 0) is 17.7 Å². The molecule has 1 N–H and O–H groups in total. The van der Waals surface area contributed by atoms with Crippen molar-refractivity contribution in [2.45, 2.75) is 12.6 Å². The Morgan fingerprint density at radius 3 is 2.72 bits per heavy atom. The van der Waals surface area contributed by atoms with Crippen LogP contribution in [0.4, 0.5) is 10.6 Å². The number of hydrogen-bond donors (Lipinski definition) is 1. The van der Waals surface area contributed by atoms with Crippen LogP contribution in [0.15, 0.2) is 30.5 Å². The molecule has 2 heterocycles. The molecule has 25 heavy (non-hydrogen) atoms. The van der Waals surface area contributed by atoms with Gasteiger partial charge in [0, 0.05) is 36.8 Å². The minimum atomic E-state index is -0.589. The zero-order chi connectivity index (χ0) is 18.1. The number of hydrogen-bond acceptors (Lipinski definition) is 3. The van der Waals surface area contributed by atoms with Crippen molar-refractivity contribution >= 4 is 41.0 Å². The maximum absolute atomic E-state index is 12.5. The summed E-state index contributed by atoms with van der Waals surface area (Å²) in [6.45, 7) is 0.522. The average Bonchev–Trinajstić information content (AvgIpc) is 3.11. The van der Waals surface area contributed by atoms with Crippen molar-refractivity contribution < 1.29 is 9.59 Å². The Kier molecular flexibility index (Phi) is 4.87. The van der Waals surface area contributed by atoms with Gasteiger partial charge < -0.3 is 10.2 Å². The molecule has 1 aliphatic heterocycles. The number of nitrogens with zero attached hydrogens (tertiary/aromatic N) is 4. The summed E-state index contributed by atoms with van der Waals surface area (Å²) < 4.78 is 1.60. The topological polar surface area (TPSA) is 70.5 Å². The lowest BCUT2D eigenvalue weighted by Crippen LogP contribution is -2.43. The summed E-state index contributed by atoms with van der Waals surface area (Å²) in [6, 6.07) is 6.00. The standard InChI is InChI=1S/C16H17Cl2N5O2/c1-21-13(9-23(16(21)25)14-5-6-20-22(14)2)15(24)19-8-10-3-4-11(17)7-12(10)18/h3-7,13H,8-9H2,1-2H3,(H,19,24). The van der Waals surface area contributed by atoms with Crippen LogP contribution in [0.3, 0.4) is 0 Å². The molecule has 1 unspecified atom stereocenters. The van der Waals surface area contributed by atoms with E-state index >= 15 is 0 Å². The number of aryl methyl sites for hydroxylation is 1. The summed E-state index contributed by atoms with van der Waals surface area (Å²) >= 11 is 12.0. The summed E-state index contributed by atoms with van der Waals surface area (Å²) in [7, 11) is 3.36. The van der Waals surface area contributed by atoms with Gasteiger partial charge in [-0.15, -0.1) is 0 Å². The highest BCUT2D eigenvalue weighted by molar-refractivity contribution is 6.35. The first-order valence-electron chi connectivity index (χ1n) is 7.62. The minimum absolute atomic E-state index is 0.242. The number of carbonyl (C=O) groups is 2. The Morgan fingerprint density at radius 1 is 1.32 bits per heavy atom. The summed E-state index contributed by atoms with van der Waals surface area (Å²) in [4.78, 5) is 27.9. The van der Waals surface area contributed by atoms with Crippen molar-refractivity contribution in [3.63, 3.8) is 0 Å². The van der Waals surface area contributed by atoms with Crippen LogP contribution in [0.25, 0.3) is 0 Å². The van der Waals surface area contributed by atoms with Gasteiger partial charge in [-0.2, -0.15) is 5.10 Å². The highest BCUT2D eigenvalue weighted by Gasteiger charge is 2.40. The normalized spacial score (nSPS) is 17.3. The summed E-state index contributed by atoms with van der Waals surface area (Å²) in [5, 5.41) is 7.91. The number of amides is 3. The van der Waals surface area contributed by atoms with E-state index in [1.54, 1.807) is 49.2 Å². The number of rotatable bonds is 4. The second kappa shape index (κ2) is 6.93. The zero-order valence-corrected chi connectivity index (χ0v) is 15.3. The van der Waals surface area contributed by atoms with Gasteiger partial charge in [0.25, 0.3) is 0 Å².